The molecule has 1 aliphatic heterocycles. The van der Waals surface area contributed by atoms with Crippen LogP contribution in [-0.2, 0) is 24.0 Å². The average molecular weight is 724 g/mol. The van der Waals surface area contributed by atoms with Crippen molar-refractivity contribution >= 4 is 46.7 Å². The van der Waals surface area contributed by atoms with E-state index >= 15 is 0 Å². The largest absolute Gasteiger partial charge is 0.346 e. The Morgan fingerprint density at radius 1 is 0.961 bits per heavy atom. The van der Waals surface area contributed by atoms with Gasteiger partial charge < -0.3 is 26.2 Å². The molecular formula is C39H57N5O6S. The molecule has 11 nitrogen and oxygen atoms in total. The Labute approximate surface area is 306 Å². The highest BCUT2D eigenvalue weighted by molar-refractivity contribution is 7.12. The van der Waals surface area contributed by atoms with Crippen molar-refractivity contribution < 1.29 is 28.8 Å². The molecule has 280 valence electrons. The van der Waals surface area contributed by atoms with Crippen molar-refractivity contribution in [3.05, 3.63) is 46.7 Å². The molecule has 1 saturated heterocycles. The number of allylic oxidation sites excluding steroid dienone is 1. The Morgan fingerprint density at radius 2 is 1.67 bits per heavy atom. The number of nitrogens with one attached hydrogen (secondary N) is 4. The zero-order valence-corrected chi connectivity index (χ0v) is 31.7. The van der Waals surface area contributed by atoms with Crippen LogP contribution in [0.2, 0.25) is 0 Å². The zero-order valence-electron chi connectivity index (χ0n) is 30.9. The highest BCUT2D eigenvalue weighted by atomic mass is 32.1. The highest BCUT2D eigenvalue weighted by Gasteiger charge is 2.47. The smallest absolute Gasteiger partial charge is 0.289 e. The number of thiophene rings is 1. The number of likely N-dealkylation sites (tertiary alicyclic amines) is 1. The molecule has 0 aromatic carbocycles. The van der Waals surface area contributed by atoms with Gasteiger partial charge in [-0.25, -0.2) is 0 Å². The minimum absolute atomic E-state index is 0.0699. The normalized spacial score (nSPS) is 21.3. The zero-order chi connectivity index (χ0) is 37.3. The standard InChI is InChI=1S/C39H57N5O6S/c1-7-19-40-37(49)32(45)28(23-25-13-11-14-25)41-36(48)31-27(22-24(2)3)18-20-44(31)38(50)33(39(4,5)6)43-35(47)30(26-15-9-8-10-16-26)42-34(46)29-17-12-21-51-29/h7,12,17,21-22,25-28,30-31,33H,1,8-11,13-16,18-20,23H2,2-6H3,(H,40,49)(H,41,48)(H,42,46)(H,43,47)/t27-,28?,30+,31+,33-/m1/s1. The molecule has 1 aromatic heterocycles. The fourth-order valence-corrected chi connectivity index (χ4v) is 8.12. The number of hydrogen-bond donors (Lipinski definition) is 4. The maximum atomic E-state index is 14.6. The summed E-state index contributed by atoms with van der Waals surface area (Å²) in [5.41, 5.74) is 0.235. The fourth-order valence-electron chi connectivity index (χ4n) is 7.49. The average Bonchev–Trinajstić information content (AvgIpc) is 3.76. The van der Waals surface area contributed by atoms with Crippen molar-refractivity contribution in [1.29, 1.82) is 0 Å². The van der Waals surface area contributed by atoms with Crippen LogP contribution in [0.4, 0.5) is 0 Å². The molecule has 0 radical (unpaired) electrons. The van der Waals surface area contributed by atoms with E-state index < -0.39 is 59.0 Å². The first-order valence-electron chi connectivity index (χ1n) is 18.5. The van der Waals surface area contributed by atoms with E-state index in [1.807, 2.05) is 46.1 Å². The van der Waals surface area contributed by atoms with Gasteiger partial charge >= 0.3 is 0 Å². The van der Waals surface area contributed by atoms with Crippen LogP contribution in [0.1, 0.15) is 108 Å². The molecule has 2 heterocycles. The van der Waals surface area contributed by atoms with Crippen molar-refractivity contribution in [3.63, 3.8) is 0 Å². The van der Waals surface area contributed by atoms with E-state index in [-0.39, 0.29) is 36.8 Å². The van der Waals surface area contributed by atoms with Crippen LogP contribution < -0.4 is 21.3 Å². The summed E-state index contributed by atoms with van der Waals surface area (Å²) >= 11 is 1.30. The van der Waals surface area contributed by atoms with E-state index in [0.29, 0.717) is 17.7 Å². The lowest BCUT2D eigenvalue weighted by Crippen LogP contribution is -2.62. The maximum Gasteiger partial charge on any atom is 0.289 e. The summed E-state index contributed by atoms with van der Waals surface area (Å²) < 4.78 is 0. The molecule has 0 spiro atoms. The molecule has 2 saturated carbocycles. The van der Waals surface area contributed by atoms with Crippen LogP contribution in [0, 0.1) is 23.2 Å². The number of nitrogens with zero attached hydrogens (tertiary/aromatic N) is 1. The molecule has 5 atom stereocenters. The predicted molar refractivity (Wildman–Crippen MR) is 199 cm³/mol. The van der Waals surface area contributed by atoms with Crippen LogP contribution in [-0.4, -0.2) is 77.5 Å². The molecular weight excluding hydrogens is 667 g/mol. The molecule has 1 aromatic rings. The number of ketones is 1. The molecule has 3 fully saturated rings. The Balaban J connectivity index is 1.60. The lowest BCUT2D eigenvalue weighted by molar-refractivity contribution is -0.146. The summed E-state index contributed by atoms with van der Waals surface area (Å²) in [6.45, 7) is 13.4. The van der Waals surface area contributed by atoms with Gasteiger partial charge in [-0.15, -0.1) is 17.9 Å². The number of amides is 5. The summed E-state index contributed by atoms with van der Waals surface area (Å²) in [6.07, 6.45) is 11.8. The number of rotatable bonds is 15. The van der Waals surface area contributed by atoms with Gasteiger partial charge in [0.2, 0.25) is 23.5 Å². The minimum atomic E-state index is -1.03. The van der Waals surface area contributed by atoms with Crippen molar-refractivity contribution in [2.24, 2.45) is 23.2 Å². The summed E-state index contributed by atoms with van der Waals surface area (Å²) in [5, 5.41) is 13.2. The van der Waals surface area contributed by atoms with E-state index in [0.717, 1.165) is 56.9 Å². The molecule has 0 bridgehead atoms. The van der Waals surface area contributed by atoms with Gasteiger partial charge in [-0.3, -0.25) is 28.8 Å². The Morgan fingerprint density at radius 3 is 2.24 bits per heavy atom. The van der Waals surface area contributed by atoms with Crippen molar-refractivity contribution in [2.75, 3.05) is 13.1 Å². The molecule has 4 rings (SSSR count). The molecule has 51 heavy (non-hydrogen) atoms. The second kappa shape index (κ2) is 18.1. The van der Waals surface area contributed by atoms with Gasteiger partial charge in [-0.05, 0) is 68.2 Å². The van der Waals surface area contributed by atoms with Crippen LogP contribution in [0.15, 0.2) is 41.8 Å². The van der Waals surface area contributed by atoms with Gasteiger partial charge in [0.05, 0.1) is 10.9 Å². The molecule has 1 unspecified atom stereocenters. The Bertz CT molecular complexity index is 1450. The summed E-state index contributed by atoms with van der Waals surface area (Å²) in [4.78, 5) is 84.4. The Kier molecular flexibility index (Phi) is 14.2. The molecule has 4 N–H and O–H groups in total. The summed E-state index contributed by atoms with van der Waals surface area (Å²) in [6, 6.07) is -0.297. The van der Waals surface area contributed by atoms with E-state index in [2.05, 4.69) is 27.8 Å². The monoisotopic (exact) mass is 723 g/mol. The van der Waals surface area contributed by atoms with E-state index in [1.165, 1.54) is 22.3 Å². The van der Waals surface area contributed by atoms with E-state index in [1.54, 1.807) is 12.1 Å². The van der Waals surface area contributed by atoms with Crippen molar-refractivity contribution in [3.8, 4) is 0 Å². The van der Waals surface area contributed by atoms with Gasteiger partial charge in [-0.1, -0.05) is 83.1 Å². The van der Waals surface area contributed by atoms with E-state index in [9.17, 15) is 28.8 Å². The van der Waals surface area contributed by atoms with Crippen LogP contribution in [0.25, 0.3) is 0 Å². The van der Waals surface area contributed by atoms with Crippen LogP contribution >= 0.6 is 11.3 Å². The lowest BCUT2D eigenvalue weighted by atomic mass is 9.80. The third kappa shape index (κ3) is 10.6. The number of hydrogen-bond acceptors (Lipinski definition) is 7. The first-order chi connectivity index (χ1) is 24.2. The van der Waals surface area contributed by atoms with E-state index in [4.69, 9.17) is 0 Å². The van der Waals surface area contributed by atoms with Gasteiger partial charge in [0, 0.05) is 19.0 Å². The summed E-state index contributed by atoms with van der Waals surface area (Å²) in [7, 11) is 0. The molecule has 12 heteroatoms. The second-order valence-corrected chi connectivity index (χ2v) is 16.7. The maximum absolute atomic E-state index is 14.6. The third-order valence-electron chi connectivity index (χ3n) is 10.4. The predicted octanol–water partition coefficient (Wildman–Crippen LogP) is 4.69. The first kappa shape index (κ1) is 40.0. The summed E-state index contributed by atoms with van der Waals surface area (Å²) in [5.74, 6) is -3.32. The van der Waals surface area contributed by atoms with Crippen LogP contribution in [0.5, 0.6) is 0 Å². The van der Waals surface area contributed by atoms with Crippen molar-refractivity contribution in [1.82, 2.24) is 26.2 Å². The third-order valence-corrected chi connectivity index (χ3v) is 11.3. The van der Waals surface area contributed by atoms with Gasteiger partial charge in [0.15, 0.2) is 0 Å². The molecule has 5 amide bonds. The lowest BCUT2D eigenvalue weighted by Gasteiger charge is -2.38. The number of Topliss-reactive ketones (excluding diaryl/α,β-unsaturated/α-hetero) is 1. The SMILES string of the molecule is C=CCNC(=O)C(=O)C(CC1CCC1)NC(=O)[C@@H]1[C@@H](C=C(C)C)CCN1C(=O)[C@@H](NC(=O)[C@@H](NC(=O)c1cccs1)C1CCCCC1)C(C)(C)C. The number of carbonyl (C=O) groups excluding carboxylic acids is 6. The van der Waals surface area contributed by atoms with Gasteiger partial charge in [0.1, 0.15) is 18.1 Å². The quantitative estimate of drug-likeness (QED) is 0.152. The van der Waals surface area contributed by atoms with Crippen LogP contribution in [0.3, 0.4) is 0 Å². The molecule has 3 aliphatic rings. The molecule has 2 aliphatic carbocycles. The topological polar surface area (TPSA) is 154 Å². The highest BCUT2D eigenvalue weighted by Crippen LogP contribution is 2.34. The number of carbonyl (C=O) groups is 6. The Hall–Kier alpha value is -3.80. The minimum Gasteiger partial charge on any atom is -0.346 e. The van der Waals surface area contributed by atoms with Gasteiger partial charge in [0.25, 0.3) is 11.8 Å². The second-order valence-electron chi connectivity index (χ2n) is 15.8. The first-order valence-corrected chi connectivity index (χ1v) is 19.4. The van der Waals surface area contributed by atoms with Crippen molar-refractivity contribution in [2.45, 2.75) is 123 Å². The van der Waals surface area contributed by atoms with Gasteiger partial charge in [-0.2, -0.15) is 0 Å². The fraction of sp³-hybridized carbons (Fsp3) is 0.641.